The molecule has 0 aliphatic heterocycles. The minimum atomic E-state index is -1.31. The number of rotatable bonds is 9. The number of urea groups is 1. The van der Waals surface area contributed by atoms with Gasteiger partial charge in [-0.15, -0.1) is 0 Å². The van der Waals surface area contributed by atoms with Crippen molar-refractivity contribution >= 4 is 17.9 Å². The maximum atomic E-state index is 12.3. The average Bonchev–Trinajstić information content (AvgIpc) is 3.21. The summed E-state index contributed by atoms with van der Waals surface area (Å²) in [6.45, 7) is 2.65. The van der Waals surface area contributed by atoms with Gasteiger partial charge in [0.15, 0.2) is 0 Å². The fourth-order valence-corrected chi connectivity index (χ4v) is 2.15. The van der Waals surface area contributed by atoms with Gasteiger partial charge >= 0.3 is 12.0 Å². The van der Waals surface area contributed by atoms with Crippen LogP contribution in [0.5, 0.6) is 0 Å². The first-order chi connectivity index (χ1) is 9.86. The molecule has 0 saturated heterocycles. The summed E-state index contributed by atoms with van der Waals surface area (Å²) in [5.41, 5.74) is 4.99. The number of nitrogens with zero attached hydrogens (tertiary/aromatic N) is 1. The van der Waals surface area contributed by atoms with Crippen molar-refractivity contribution in [2.75, 3.05) is 20.3 Å². The number of primary amides is 1. The molecule has 0 aromatic heterocycles. The summed E-state index contributed by atoms with van der Waals surface area (Å²) in [6.07, 6.45) is 1.68. The molecule has 2 unspecified atom stereocenters. The van der Waals surface area contributed by atoms with Crippen molar-refractivity contribution < 1.29 is 24.2 Å². The van der Waals surface area contributed by atoms with Crippen LogP contribution in [0.3, 0.4) is 0 Å². The first-order valence-corrected chi connectivity index (χ1v) is 6.94. The highest BCUT2D eigenvalue weighted by atomic mass is 16.5. The first kappa shape index (κ1) is 17.2. The molecular weight excluding hydrogens is 278 g/mol. The van der Waals surface area contributed by atoms with Crippen LogP contribution in [-0.4, -0.2) is 60.3 Å². The molecule has 0 bridgehead atoms. The Morgan fingerprint density at radius 2 is 2.05 bits per heavy atom. The van der Waals surface area contributed by atoms with Crippen LogP contribution in [0, 0.1) is 5.92 Å². The highest BCUT2D eigenvalue weighted by molar-refractivity contribution is 5.87. The van der Waals surface area contributed by atoms with Crippen molar-refractivity contribution in [2.45, 2.75) is 38.3 Å². The number of hydrogen-bond donors (Lipinski definition) is 3. The molecule has 0 radical (unpaired) electrons. The standard InChI is InChI=1S/C13H23N3O5/c1-8(9-3-4-9)16(5-6-21-2)13(20)15-10(12(18)19)7-11(14)17/h8-10H,3-7H2,1-2H3,(H2,14,17)(H,15,20)(H,18,19). The van der Waals surface area contributed by atoms with E-state index in [0.717, 1.165) is 12.8 Å². The van der Waals surface area contributed by atoms with Gasteiger partial charge in [-0.25, -0.2) is 9.59 Å². The number of methoxy groups -OCH3 is 1. The summed E-state index contributed by atoms with van der Waals surface area (Å²) in [4.78, 5) is 35.7. The van der Waals surface area contributed by atoms with E-state index in [2.05, 4.69) is 5.32 Å². The molecule has 8 nitrogen and oxygen atoms in total. The van der Waals surface area contributed by atoms with Crippen molar-refractivity contribution in [1.29, 1.82) is 0 Å². The van der Waals surface area contributed by atoms with E-state index in [4.69, 9.17) is 15.6 Å². The summed E-state index contributed by atoms with van der Waals surface area (Å²) in [6, 6.07) is -1.82. The zero-order valence-corrected chi connectivity index (χ0v) is 12.4. The molecule has 3 amide bonds. The van der Waals surface area contributed by atoms with E-state index in [1.54, 1.807) is 4.90 Å². The monoisotopic (exact) mass is 301 g/mol. The third-order valence-electron chi connectivity index (χ3n) is 3.59. The molecule has 0 heterocycles. The Morgan fingerprint density at radius 3 is 2.48 bits per heavy atom. The van der Waals surface area contributed by atoms with Crippen LogP contribution >= 0.6 is 0 Å². The van der Waals surface area contributed by atoms with Gasteiger partial charge in [0.05, 0.1) is 13.0 Å². The number of carboxylic acid groups (broad SMARTS) is 1. The molecular formula is C13H23N3O5. The Balaban J connectivity index is 2.68. The van der Waals surface area contributed by atoms with Crippen molar-refractivity contribution in [2.24, 2.45) is 11.7 Å². The third-order valence-corrected chi connectivity index (χ3v) is 3.59. The number of aliphatic carboxylic acids is 1. The lowest BCUT2D eigenvalue weighted by Gasteiger charge is -2.30. The highest BCUT2D eigenvalue weighted by Gasteiger charge is 2.35. The molecule has 0 spiro atoms. The molecule has 1 aliphatic rings. The van der Waals surface area contributed by atoms with Crippen LogP contribution in [0.4, 0.5) is 4.79 Å². The van der Waals surface area contributed by atoms with E-state index in [0.29, 0.717) is 19.1 Å². The summed E-state index contributed by atoms with van der Waals surface area (Å²) in [7, 11) is 1.53. The van der Waals surface area contributed by atoms with E-state index in [1.165, 1.54) is 7.11 Å². The lowest BCUT2D eigenvalue weighted by molar-refractivity contribution is -0.141. The fraction of sp³-hybridized carbons (Fsp3) is 0.769. The lowest BCUT2D eigenvalue weighted by Crippen LogP contribution is -2.53. The molecule has 2 atom stereocenters. The fourth-order valence-electron chi connectivity index (χ4n) is 2.15. The average molecular weight is 301 g/mol. The van der Waals surface area contributed by atoms with Crippen LogP contribution in [0.2, 0.25) is 0 Å². The number of nitrogens with two attached hydrogens (primary N) is 1. The number of carbonyl (C=O) groups excluding carboxylic acids is 2. The van der Waals surface area contributed by atoms with E-state index < -0.39 is 30.4 Å². The Kier molecular flexibility index (Phi) is 6.41. The molecule has 1 saturated carbocycles. The SMILES string of the molecule is COCCN(C(=O)NC(CC(N)=O)C(=O)O)C(C)C1CC1. The normalized spacial score (nSPS) is 16.9. The van der Waals surface area contributed by atoms with E-state index >= 15 is 0 Å². The summed E-state index contributed by atoms with van der Waals surface area (Å²) in [5, 5.41) is 11.4. The molecule has 120 valence electrons. The maximum Gasteiger partial charge on any atom is 0.326 e. The Labute approximate surface area is 123 Å². The van der Waals surface area contributed by atoms with Crippen LogP contribution < -0.4 is 11.1 Å². The molecule has 0 aromatic carbocycles. The topological polar surface area (TPSA) is 122 Å². The van der Waals surface area contributed by atoms with Crippen LogP contribution in [0.1, 0.15) is 26.2 Å². The van der Waals surface area contributed by atoms with E-state index in [9.17, 15) is 14.4 Å². The van der Waals surface area contributed by atoms with Crippen LogP contribution in [0.15, 0.2) is 0 Å². The minimum absolute atomic E-state index is 0.00294. The number of amides is 3. The van der Waals surface area contributed by atoms with E-state index in [-0.39, 0.29) is 6.04 Å². The second-order valence-electron chi connectivity index (χ2n) is 5.27. The van der Waals surface area contributed by atoms with Crippen molar-refractivity contribution in [3.63, 3.8) is 0 Å². The number of carbonyl (C=O) groups is 3. The second-order valence-corrected chi connectivity index (χ2v) is 5.27. The third kappa shape index (κ3) is 5.58. The molecule has 21 heavy (non-hydrogen) atoms. The van der Waals surface area contributed by atoms with Crippen LogP contribution in [-0.2, 0) is 14.3 Å². The van der Waals surface area contributed by atoms with E-state index in [1.807, 2.05) is 6.92 Å². The second kappa shape index (κ2) is 7.82. The van der Waals surface area contributed by atoms with Crippen molar-refractivity contribution in [3.8, 4) is 0 Å². The zero-order valence-electron chi connectivity index (χ0n) is 12.4. The largest absolute Gasteiger partial charge is 0.480 e. The summed E-state index contributed by atoms with van der Waals surface area (Å²) in [5.74, 6) is -1.62. The van der Waals surface area contributed by atoms with Crippen LogP contribution in [0.25, 0.3) is 0 Å². The molecule has 1 rings (SSSR count). The molecule has 0 aromatic rings. The number of carboxylic acids is 1. The van der Waals surface area contributed by atoms with Gasteiger partial charge in [0.1, 0.15) is 6.04 Å². The number of nitrogens with one attached hydrogen (secondary N) is 1. The zero-order chi connectivity index (χ0) is 16.0. The van der Waals surface area contributed by atoms with Gasteiger partial charge in [-0.2, -0.15) is 0 Å². The Bertz CT molecular complexity index is 397. The predicted octanol–water partition coefficient (Wildman–Crippen LogP) is -0.228. The van der Waals surface area contributed by atoms with Crippen molar-refractivity contribution in [3.05, 3.63) is 0 Å². The first-order valence-electron chi connectivity index (χ1n) is 6.94. The Hall–Kier alpha value is -1.83. The van der Waals surface area contributed by atoms with Gasteiger partial charge < -0.3 is 25.8 Å². The predicted molar refractivity (Wildman–Crippen MR) is 74.5 cm³/mol. The lowest BCUT2D eigenvalue weighted by atomic mass is 10.1. The van der Waals surface area contributed by atoms with Gasteiger partial charge in [0.2, 0.25) is 5.91 Å². The minimum Gasteiger partial charge on any atom is -0.480 e. The number of ether oxygens (including phenoxy) is 1. The Morgan fingerprint density at radius 1 is 1.43 bits per heavy atom. The molecule has 1 aliphatic carbocycles. The smallest absolute Gasteiger partial charge is 0.326 e. The quantitative estimate of drug-likeness (QED) is 0.543. The molecule has 4 N–H and O–H groups in total. The van der Waals surface area contributed by atoms with Gasteiger partial charge in [0, 0.05) is 19.7 Å². The van der Waals surface area contributed by atoms with Crippen molar-refractivity contribution in [1.82, 2.24) is 10.2 Å². The summed E-state index contributed by atoms with van der Waals surface area (Å²) >= 11 is 0. The number of hydrogen-bond acceptors (Lipinski definition) is 4. The van der Waals surface area contributed by atoms with Gasteiger partial charge in [-0.1, -0.05) is 0 Å². The molecule has 1 fully saturated rings. The summed E-state index contributed by atoms with van der Waals surface area (Å²) < 4.78 is 4.98. The van der Waals surface area contributed by atoms with Gasteiger partial charge in [-0.05, 0) is 25.7 Å². The molecule has 8 heteroatoms. The highest BCUT2D eigenvalue weighted by Crippen LogP contribution is 2.35. The van der Waals surface area contributed by atoms with Gasteiger partial charge in [0.25, 0.3) is 0 Å². The van der Waals surface area contributed by atoms with Gasteiger partial charge in [-0.3, -0.25) is 4.79 Å². The maximum absolute atomic E-state index is 12.3.